The highest BCUT2D eigenvalue weighted by Gasteiger charge is 2.40. The van der Waals surface area contributed by atoms with Crippen LogP contribution in [0.3, 0.4) is 0 Å². The van der Waals surface area contributed by atoms with Crippen molar-refractivity contribution < 1.29 is 9.84 Å². The summed E-state index contributed by atoms with van der Waals surface area (Å²) in [6.07, 6.45) is 6.08. The second-order valence-corrected chi connectivity index (χ2v) is 5.89. The molecule has 1 aliphatic carbocycles. The number of nitrogens with zero attached hydrogens (tertiary/aromatic N) is 2. The molecular weight excluding hydrogens is 252 g/mol. The molecule has 1 saturated carbocycles. The molecule has 2 heterocycles. The van der Waals surface area contributed by atoms with Crippen molar-refractivity contribution >= 4 is 10.9 Å². The molecular formula is C16H20N2O2. The fraction of sp³-hybridized carbons (Fsp3) is 0.500. The van der Waals surface area contributed by atoms with Gasteiger partial charge in [0.15, 0.2) is 0 Å². The number of fused-ring (bicyclic) bond motifs is 1. The molecule has 4 nitrogen and oxygen atoms in total. The second kappa shape index (κ2) is 5.02. The van der Waals surface area contributed by atoms with Crippen LogP contribution in [0.15, 0.2) is 24.5 Å². The summed E-state index contributed by atoms with van der Waals surface area (Å²) in [5.74, 6) is 1.11. The normalized spacial score (nSPS) is 25.4. The van der Waals surface area contributed by atoms with Crippen LogP contribution in [0.2, 0.25) is 0 Å². The standard InChI is InChI=1S/C16H20N2O2/c1-3-6-20-13-7-11-4-5-17-15(14(11)18-10-13)12-8-16(2,19)9-12/h4-5,7,10,12,19H,3,6,8-9H2,1-2H3. The first-order valence-electron chi connectivity index (χ1n) is 7.19. The average Bonchev–Trinajstić information content (AvgIpc) is 2.41. The van der Waals surface area contributed by atoms with Crippen LogP contribution in [0.4, 0.5) is 0 Å². The van der Waals surface area contributed by atoms with E-state index in [1.165, 1.54) is 0 Å². The fourth-order valence-corrected chi connectivity index (χ4v) is 2.85. The number of aliphatic hydroxyl groups is 1. The molecule has 20 heavy (non-hydrogen) atoms. The highest BCUT2D eigenvalue weighted by atomic mass is 16.5. The number of rotatable bonds is 4. The Balaban J connectivity index is 1.91. The third kappa shape index (κ3) is 2.48. The van der Waals surface area contributed by atoms with E-state index in [1.807, 2.05) is 25.3 Å². The Kier molecular flexibility index (Phi) is 3.34. The van der Waals surface area contributed by atoms with Crippen molar-refractivity contribution in [3.63, 3.8) is 0 Å². The van der Waals surface area contributed by atoms with E-state index in [0.717, 1.165) is 41.6 Å². The van der Waals surface area contributed by atoms with Gasteiger partial charge in [-0.15, -0.1) is 0 Å². The van der Waals surface area contributed by atoms with E-state index in [1.54, 1.807) is 6.20 Å². The zero-order valence-corrected chi connectivity index (χ0v) is 12.0. The van der Waals surface area contributed by atoms with E-state index in [-0.39, 0.29) is 0 Å². The topological polar surface area (TPSA) is 55.2 Å². The van der Waals surface area contributed by atoms with Crippen LogP contribution < -0.4 is 4.74 Å². The first-order valence-corrected chi connectivity index (χ1v) is 7.19. The van der Waals surface area contributed by atoms with Crippen LogP contribution in [-0.2, 0) is 0 Å². The number of pyridine rings is 2. The zero-order chi connectivity index (χ0) is 14.2. The lowest BCUT2D eigenvalue weighted by molar-refractivity contribution is -0.0319. The Morgan fingerprint density at radius 1 is 1.40 bits per heavy atom. The lowest BCUT2D eigenvalue weighted by Crippen LogP contribution is -2.39. The Labute approximate surface area is 118 Å². The second-order valence-electron chi connectivity index (χ2n) is 5.89. The molecule has 1 N–H and O–H groups in total. The van der Waals surface area contributed by atoms with E-state index in [9.17, 15) is 5.11 Å². The molecule has 0 spiro atoms. The van der Waals surface area contributed by atoms with E-state index in [2.05, 4.69) is 16.9 Å². The van der Waals surface area contributed by atoms with Gasteiger partial charge >= 0.3 is 0 Å². The Morgan fingerprint density at radius 2 is 2.20 bits per heavy atom. The lowest BCUT2D eigenvalue weighted by Gasteiger charge is -2.40. The highest BCUT2D eigenvalue weighted by molar-refractivity contribution is 5.82. The molecule has 106 valence electrons. The average molecular weight is 272 g/mol. The van der Waals surface area contributed by atoms with Crippen LogP contribution >= 0.6 is 0 Å². The molecule has 0 aromatic carbocycles. The van der Waals surface area contributed by atoms with E-state index in [0.29, 0.717) is 12.5 Å². The summed E-state index contributed by atoms with van der Waals surface area (Å²) < 4.78 is 5.61. The molecule has 0 radical (unpaired) electrons. The molecule has 2 aromatic heterocycles. The summed E-state index contributed by atoms with van der Waals surface area (Å²) in [7, 11) is 0. The van der Waals surface area contributed by atoms with Crippen molar-refractivity contribution in [2.24, 2.45) is 0 Å². The van der Waals surface area contributed by atoms with Gasteiger partial charge in [-0.3, -0.25) is 9.97 Å². The van der Waals surface area contributed by atoms with E-state index < -0.39 is 5.60 Å². The van der Waals surface area contributed by atoms with Gasteiger partial charge in [-0.05, 0) is 38.3 Å². The highest BCUT2D eigenvalue weighted by Crippen LogP contribution is 2.45. The molecule has 3 rings (SSSR count). The molecule has 2 aromatic rings. The van der Waals surface area contributed by atoms with Crippen molar-refractivity contribution in [3.05, 3.63) is 30.2 Å². The van der Waals surface area contributed by atoms with E-state index >= 15 is 0 Å². The molecule has 1 fully saturated rings. The van der Waals surface area contributed by atoms with Gasteiger partial charge in [-0.2, -0.15) is 0 Å². The molecule has 0 aliphatic heterocycles. The van der Waals surface area contributed by atoms with Crippen molar-refractivity contribution in [3.8, 4) is 5.75 Å². The van der Waals surface area contributed by atoms with Crippen LogP contribution in [0.5, 0.6) is 5.75 Å². The van der Waals surface area contributed by atoms with Crippen molar-refractivity contribution in [2.75, 3.05) is 6.61 Å². The minimum absolute atomic E-state index is 0.309. The summed E-state index contributed by atoms with van der Waals surface area (Å²) in [4.78, 5) is 8.99. The third-order valence-electron chi connectivity index (χ3n) is 3.83. The summed E-state index contributed by atoms with van der Waals surface area (Å²) in [5.41, 5.74) is 1.38. The Bertz CT molecular complexity index is 617. The number of aromatic nitrogens is 2. The molecule has 0 unspecified atom stereocenters. The van der Waals surface area contributed by atoms with Crippen LogP contribution in [0, 0.1) is 0 Å². The number of ether oxygens (including phenoxy) is 1. The number of hydrogen-bond donors (Lipinski definition) is 1. The minimum Gasteiger partial charge on any atom is -0.492 e. The monoisotopic (exact) mass is 272 g/mol. The minimum atomic E-state index is -0.543. The first-order chi connectivity index (χ1) is 9.59. The van der Waals surface area contributed by atoms with Gasteiger partial charge in [0.25, 0.3) is 0 Å². The predicted molar refractivity (Wildman–Crippen MR) is 77.9 cm³/mol. The quantitative estimate of drug-likeness (QED) is 0.929. The summed E-state index contributed by atoms with van der Waals surface area (Å²) in [5, 5.41) is 10.9. The Hall–Kier alpha value is -1.68. The van der Waals surface area contributed by atoms with Crippen molar-refractivity contribution in [1.82, 2.24) is 9.97 Å². The number of hydrogen-bond acceptors (Lipinski definition) is 4. The molecule has 0 atom stereocenters. The lowest BCUT2D eigenvalue weighted by atomic mass is 9.70. The molecule has 0 amide bonds. The molecule has 0 bridgehead atoms. The Morgan fingerprint density at radius 3 is 2.90 bits per heavy atom. The maximum absolute atomic E-state index is 9.89. The predicted octanol–water partition coefficient (Wildman–Crippen LogP) is 3.05. The fourth-order valence-electron chi connectivity index (χ4n) is 2.85. The third-order valence-corrected chi connectivity index (χ3v) is 3.83. The first kappa shape index (κ1) is 13.3. The van der Waals surface area contributed by atoms with Crippen molar-refractivity contribution in [1.29, 1.82) is 0 Å². The van der Waals surface area contributed by atoms with Crippen LogP contribution in [0.25, 0.3) is 10.9 Å². The molecule has 0 saturated heterocycles. The largest absolute Gasteiger partial charge is 0.492 e. The van der Waals surface area contributed by atoms with Gasteiger partial charge < -0.3 is 9.84 Å². The van der Waals surface area contributed by atoms with Crippen molar-refractivity contribution in [2.45, 2.75) is 44.6 Å². The summed E-state index contributed by atoms with van der Waals surface area (Å²) >= 11 is 0. The molecule has 1 aliphatic rings. The summed E-state index contributed by atoms with van der Waals surface area (Å²) in [6.45, 7) is 4.66. The van der Waals surface area contributed by atoms with Gasteiger partial charge in [-0.25, -0.2) is 0 Å². The van der Waals surface area contributed by atoms with Gasteiger partial charge in [0, 0.05) is 17.5 Å². The maximum Gasteiger partial charge on any atom is 0.138 e. The van der Waals surface area contributed by atoms with Crippen LogP contribution in [0.1, 0.15) is 44.7 Å². The smallest absolute Gasteiger partial charge is 0.138 e. The summed E-state index contributed by atoms with van der Waals surface area (Å²) in [6, 6.07) is 3.97. The van der Waals surface area contributed by atoms with Gasteiger partial charge in [-0.1, -0.05) is 6.92 Å². The van der Waals surface area contributed by atoms with Crippen LogP contribution in [-0.4, -0.2) is 27.3 Å². The van der Waals surface area contributed by atoms with E-state index in [4.69, 9.17) is 4.74 Å². The van der Waals surface area contributed by atoms with Gasteiger partial charge in [0.1, 0.15) is 5.75 Å². The molecule has 4 heteroatoms. The maximum atomic E-state index is 9.89. The van der Waals surface area contributed by atoms with Gasteiger partial charge in [0.2, 0.25) is 0 Å². The zero-order valence-electron chi connectivity index (χ0n) is 12.0. The van der Waals surface area contributed by atoms with Gasteiger partial charge in [0.05, 0.1) is 29.6 Å². The SMILES string of the molecule is CCCOc1cnc2c(C3CC(C)(O)C3)nccc2c1.